The molecular weight excluding hydrogens is 212 g/mol. The Morgan fingerprint density at radius 1 is 0.765 bits per heavy atom. The Balaban J connectivity index is 2.87. The summed E-state index contributed by atoms with van der Waals surface area (Å²) < 4.78 is 10.5. The van der Waals surface area contributed by atoms with Gasteiger partial charge in [-0.05, 0) is 25.7 Å². The minimum absolute atomic E-state index is 0.810. The zero-order chi connectivity index (χ0) is 12.6. The number of allylic oxidation sites excluding steroid dienone is 1. The van der Waals surface area contributed by atoms with Gasteiger partial charge in [0.1, 0.15) is 0 Å². The van der Waals surface area contributed by atoms with Crippen molar-refractivity contribution in [2.75, 3.05) is 26.9 Å². The SMILES string of the molecule is C=CCCCCCCCCCOCCCOC. The van der Waals surface area contributed by atoms with E-state index in [1.165, 1.54) is 51.4 Å². The van der Waals surface area contributed by atoms with Gasteiger partial charge in [-0.25, -0.2) is 0 Å². The zero-order valence-corrected chi connectivity index (χ0v) is 11.6. The summed E-state index contributed by atoms with van der Waals surface area (Å²) in [6, 6.07) is 0. The van der Waals surface area contributed by atoms with Crippen LogP contribution in [-0.2, 0) is 9.47 Å². The predicted molar refractivity (Wildman–Crippen MR) is 74.4 cm³/mol. The fraction of sp³-hybridized carbons (Fsp3) is 0.867. The van der Waals surface area contributed by atoms with Gasteiger partial charge in [-0.3, -0.25) is 0 Å². The van der Waals surface area contributed by atoms with Gasteiger partial charge in [-0.2, -0.15) is 0 Å². The summed E-state index contributed by atoms with van der Waals surface area (Å²) in [5.41, 5.74) is 0. The fourth-order valence-electron chi connectivity index (χ4n) is 1.78. The van der Waals surface area contributed by atoms with Crippen molar-refractivity contribution in [3.8, 4) is 0 Å². The van der Waals surface area contributed by atoms with Gasteiger partial charge in [-0.15, -0.1) is 6.58 Å². The fourth-order valence-corrected chi connectivity index (χ4v) is 1.78. The van der Waals surface area contributed by atoms with Crippen LogP contribution in [0.4, 0.5) is 0 Å². The van der Waals surface area contributed by atoms with Crippen molar-refractivity contribution in [2.45, 2.75) is 57.8 Å². The normalized spacial score (nSPS) is 10.6. The lowest BCUT2D eigenvalue weighted by molar-refractivity contribution is 0.100. The van der Waals surface area contributed by atoms with E-state index in [0.29, 0.717) is 0 Å². The maximum absolute atomic E-state index is 5.50. The Bertz CT molecular complexity index is 146. The summed E-state index contributed by atoms with van der Waals surface area (Å²) in [7, 11) is 1.73. The Kier molecular flexibility index (Phi) is 15.3. The lowest BCUT2D eigenvalue weighted by Crippen LogP contribution is -2.00. The molecule has 0 aromatic rings. The molecule has 102 valence electrons. The molecule has 2 heteroatoms. The molecule has 0 aliphatic carbocycles. The first kappa shape index (κ1) is 16.7. The van der Waals surface area contributed by atoms with Gasteiger partial charge >= 0.3 is 0 Å². The molecule has 17 heavy (non-hydrogen) atoms. The molecule has 0 aliphatic rings. The smallest absolute Gasteiger partial charge is 0.0487 e. The molecule has 0 atom stereocenters. The van der Waals surface area contributed by atoms with Gasteiger partial charge in [0.05, 0.1) is 0 Å². The number of hydrogen-bond donors (Lipinski definition) is 0. The summed E-state index contributed by atoms with van der Waals surface area (Å²) in [6.45, 7) is 6.30. The van der Waals surface area contributed by atoms with E-state index in [9.17, 15) is 0 Å². The highest BCUT2D eigenvalue weighted by molar-refractivity contribution is 4.65. The first-order valence-corrected chi connectivity index (χ1v) is 7.09. The van der Waals surface area contributed by atoms with Crippen LogP contribution in [-0.4, -0.2) is 26.9 Å². The summed E-state index contributed by atoms with van der Waals surface area (Å²) in [4.78, 5) is 0. The average Bonchev–Trinajstić information content (AvgIpc) is 2.35. The van der Waals surface area contributed by atoms with Crippen molar-refractivity contribution in [3.63, 3.8) is 0 Å². The summed E-state index contributed by atoms with van der Waals surface area (Å²) in [5.74, 6) is 0. The van der Waals surface area contributed by atoms with Gasteiger partial charge < -0.3 is 9.47 Å². The van der Waals surface area contributed by atoms with Crippen LogP contribution in [0, 0.1) is 0 Å². The standard InChI is InChI=1S/C15H30O2/c1-3-4-5-6-7-8-9-10-11-14-17-15-12-13-16-2/h3H,1,4-15H2,2H3. The molecule has 0 unspecified atom stereocenters. The minimum atomic E-state index is 0.810. The van der Waals surface area contributed by atoms with Crippen LogP contribution in [0.5, 0.6) is 0 Å². The second-order valence-corrected chi connectivity index (χ2v) is 4.51. The maximum atomic E-state index is 5.50. The van der Waals surface area contributed by atoms with Crippen LogP contribution < -0.4 is 0 Å². The first-order chi connectivity index (χ1) is 8.41. The third-order valence-corrected chi connectivity index (χ3v) is 2.83. The largest absolute Gasteiger partial charge is 0.385 e. The van der Waals surface area contributed by atoms with E-state index in [0.717, 1.165) is 26.2 Å². The molecule has 0 fully saturated rings. The predicted octanol–water partition coefficient (Wildman–Crippen LogP) is 4.35. The van der Waals surface area contributed by atoms with Crippen LogP contribution in [0.2, 0.25) is 0 Å². The third-order valence-electron chi connectivity index (χ3n) is 2.83. The van der Waals surface area contributed by atoms with Crippen LogP contribution in [0.15, 0.2) is 12.7 Å². The van der Waals surface area contributed by atoms with E-state index in [1.54, 1.807) is 7.11 Å². The van der Waals surface area contributed by atoms with Crippen LogP contribution in [0.25, 0.3) is 0 Å². The van der Waals surface area contributed by atoms with E-state index in [1.807, 2.05) is 6.08 Å². The molecule has 0 heterocycles. The Morgan fingerprint density at radius 2 is 1.35 bits per heavy atom. The Hall–Kier alpha value is -0.340. The van der Waals surface area contributed by atoms with Crippen molar-refractivity contribution in [3.05, 3.63) is 12.7 Å². The van der Waals surface area contributed by atoms with Crippen molar-refractivity contribution < 1.29 is 9.47 Å². The molecule has 0 radical (unpaired) electrons. The molecule has 0 aliphatic heterocycles. The lowest BCUT2D eigenvalue weighted by Gasteiger charge is -2.04. The number of ether oxygens (including phenoxy) is 2. The molecule has 0 aromatic heterocycles. The maximum Gasteiger partial charge on any atom is 0.0487 e. The van der Waals surface area contributed by atoms with Gasteiger partial charge in [0.15, 0.2) is 0 Å². The second kappa shape index (κ2) is 15.7. The Morgan fingerprint density at radius 3 is 2.00 bits per heavy atom. The zero-order valence-electron chi connectivity index (χ0n) is 11.6. The average molecular weight is 242 g/mol. The van der Waals surface area contributed by atoms with E-state index >= 15 is 0 Å². The Labute approximate surface area is 107 Å². The second-order valence-electron chi connectivity index (χ2n) is 4.51. The summed E-state index contributed by atoms with van der Waals surface area (Å²) in [6.07, 6.45) is 13.5. The van der Waals surface area contributed by atoms with Crippen molar-refractivity contribution in [2.24, 2.45) is 0 Å². The van der Waals surface area contributed by atoms with Gasteiger partial charge in [0, 0.05) is 26.9 Å². The third kappa shape index (κ3) is 15.7. The number of methoxy groups -OCH3 is 1. The quantitative estimate of drug-likeness (QED) is 0.333. The topological polar surface area (TPSA) is 18.5 Å². The van der Waals surface area contributed by atoms with Crippen LogP contribution in [0.3, 0.4) is 0 Å². The molecule has 0 N–H and O–H groups in total. The number of hydrogen-bond acceptors (Lipinski definition) is 2. The molecular formula is C15H30O2. The van der Waals surface area contributed by atoms with Crippen molar-refractivity contribution in [1.82, 2.24) is 0 Å². The summed E-state index contributed by atoms with van der Waals surface area (Å²) in [5, 5.41) is 0. The van der Waals surface area contributed by atoms with Crippen LogP contribution >= 0.6 is 0 Å². The van der Waals surface area contributed by atoms with Crippen molar-refractivity contribution in [1.29, 1.82) is 0 Å². The molecule has 0 bridgehead atoms. The molecule has 0 saturated carbocycles. The molecule has 0 saturated heterocycles. The minimum Gasteiger partial charge on any atom is -0.385 e. The first-order valence-electron chi connectivity index (χ1n) is 7.09. The lowest BCUT2D eigenvalue weighted by atomic mass is 10.1. The van der Waals surface area contributed by atoms with E-state index in [2.05, 4.69) is 6.58 Å². The number of rotatable bonds is 14. The monoisotopic (exact) mass is 242 g/mol. The van der Waals surface area contributed by atoms with E-state index in [-0.39, 0.29) is 0 Å². The van der Waals surface area contributed by atoms with E-state index in [4.69, 9.17) is 9.47 Å². The van der Waals surface area contributed by atoms with E-state index < -0.39 is 0 Å². The van der Waals surface area contributed by atoms with Gasteiger partial charge in [0.2, 0.25) is 0 Å². The molecule has 0 rings (SSSR count). The molecule has 2 nitrogen and oxygen atoms in total. The highest BCUT2D eigenvalue weighted by Gasteiger charge is 1.92. The molecule has 0 amide bonds. The highest BCUT2D eigenvalue weighted by Crippen LogP contribution is 2.08. The molecule has 0 aromatic carbocycles. The van der Waals surface area contributed by atoms with Gasteiger partial charge in [-0.1, -0.05) is 38.2 Å². The molecule has 0 spiro atoms. The highest BCUT2D eigenvalue weighted by atomic mass is 16.5. The van der Waals surface area contributed by atoms with Gasteiger partial charge in [0.25, 0.3) is 0 Å². The van der Waals surface area contributed by atoms with Crippen LogP contribution in [0.1, 0.15) is 57.8 Å². The van der Waals surface area contributed by atoms with Crippen molar-refractivity contribution >= 4 is 0 Å². The number of unbranched alkanes of at least 4 members (excludes halogenated alkanes) is 7. The summed E-state index contributed by atoms with van der Waals surface area (Å²) >= 11 is 0.